The fourth-order valence-electron chi connectivity index (χ4n) is 0.873. The average Bonchev–Trinajstić information content (AvgIpc) is 2.18. The molecule has 0 saturated carbocycles. The third kappa shape index (κ3) is 2.58. The number of benzene rings is 1. The van der Waals surface area contributed by atoms with Crippen LogP contribution in [0.1, 0.15) is 5.56 Å². The van der Waals surface area contributed by atoms with Gasteiger partial charge in [0.05, 0.1) is 5.02 Å². The molecule has 6 heteroatoms. The first-order valence-corrected chi connectivity index (χ1v) is 4.16. The minimum atomic E-state index is -2.52. The molecule has 1 atom stereocenters. The van der Waals surface area contributed by atoms with Gasteiger partial charge in [-0.1, -0.05) is 17.7 Å². The van der Waals surface area contributed by atoms with Gasteiger partial charge in [0, 0.05) is 0 Å². The summed E-state index contributed by atoms with van der Waals surface area (Å²) in [5.41, 5.74) is -0.0944. The molecule has 0 aliphatic carbocycles. The number of ether oxygens (including phenoxy) is 1. The van der Waals surface area contributed by atoms with Gasteiger partial charge in [0.25, 0.3) is 0 Å². The number of aliphatic carboxylic acids is 1. The zero-order valence-corrected chi connectivity index (χ0v) is 8.03. The van der Waals surface area contributed by atoms with Crippen LogP contribution in [0.25, 0.3) is 0 Å². The van der Waals surface area contributed by atoms with Crippen LogP contribution in [0.2, 0.25) is 5.02 Å². The van der Waals surface area contributed by atoms with Crippen LogP contribution >= 0.6 is 11.6 Å². The molecule has 0 heterocycles. The number of nitriles is 1. The summed E-state index contributed by atoms with van der Waals surface area (Å²) >= 11 is 5.62. The van der Waals surface area contributed by atoms with Gasteiger partial charge in [-0.2, -0.15) is 9.65 Å². The van der Waals surface area contributed by atoms with E-state index in [2.05, 4.69) is 4.74 Å². The van der Waals surface area contributed by atoms with Crippen molar-refractivity contribution in [3.63, 3.8) is 0 Å². The Morgan fingerprint density at radius 3 is 2.87 bits per heavy atom. The number of carbonyl (C=O) groups is 1. The topological polar surface area (TPSA) is 70.3 Å². The molecule has 0 aliphatic rings. The van der Waals surface area contributed by atoms with Crippen molar-refractivity contribution < 1.29 is 19.0 Å². The molecule has 0 aromatic heterocycles. The molecule has 0 spiro atoms. The normalized spacial score (nSPS) is 11.5. The van der Waals surface area contributed by atoms with Gasteiger partial charge in [-0.25, -0.2) is 4.79 Å². The van der Waals surface area contributed by atoms with E-state index in [1.54, 1.807) is 6.07 Å². The molecular weight excluding hydrogens is 225 g/mol. The number of carboxylic acid groups (broad SMARTS) is 1. The highest BCUT2D eigenvalue weighted by atomic mass is 35.5. The van der Waals surface area contributed by atoms with Crippen LogP contribution in [0, 0.1) is 11.3 Å². The second kappa shape index (κ2) is 4.62. The summed E-state index contributed by atoms with van der Waals surface area (Å²) in [4.78, 5) is 10.2. The molecule has 0 amide bonds. The second-order valence-corrected chi connectivity index (χ2v) is 2.90. The Morgan fingerprint density at radius 1 is 1.67 bits per heavy atom. The van der Waals surface area contributed by atoms with E-state index >= 15 is 0 Å². The molecule has 0 fully saturated rings. The first kappa shape index (κ1) is 11.3. The Bertz CT molecular complexity index is 430. The highest BCUT2D eigenvalue weighted by Gasteiger charge is 2.19. The van der Waals surface area contributed by atoms with Crippen molar-refractivity contribution in [1.82, 2.24) is 0 Å². The van der Waals surface area contributed by atoms with Crippen LogP contribution in [0.3, 0.4) is 0 Å². The number of hydrogen-bond acceptors (Lipinski definition) is 3. The molecule has 0 bridgehead atoms. The summed E-state index contributed by atoms with van der Waals surface area (Å²) in [6.45, 7) is 0. The first-order chi connectivity index (χ1) is 7.06. The molecule has 0 aliphatic heterocycles. The Kier molecular flexibility index (Phi) is 3.47. The van der Waals surface area contributed by atoms with E-state index in [0.29, 0.717) is 0 Å². The summed E-state index contributed by atoms with van der Waals surface area (Å²) in [6.07, 6.45) is -2.52. The number of nitrogens with zero attached hydrogens (tertiary/aromatic N) is 1. The van der Waals surface area contributed by atoms with E-state index in [-0.39, 0.29) is 16.3 Å². The Balaban J connectivity index is 3.01. The van der Waals surface area contributed by atoms with E-state index in [9.17, 15) is 9.18 Å². The molecule has 15 heavy (non-hydrogen) atoms. The first-order valence-electron chi connectivity index (χ1n) is 3.78. The lowest BCUT2D eigenvalue weighted by atomic mass is 10.2. The SMILES string of the molecule is N#Cc1c(Cl)cccc1OC(F)C(=O)O. The third-order valence-electron chi connectivity index (χ3n) is 1.51. The predicted molar refractivity (Wildman–Crippen MR) is 49.3 cm³/mol. The second-order valence-electron chi connectivity index (χ2n) is 2.50. The fraction of sp³-hybridized carbons (Fsp3) is 0.111. The Hall–Kier alpha value is -1.80. The van der Waals surface area contributed by atoms with E-state index < -0.39 is 12.3 Å². The largest absolute Gasteiger partial charge is 0.476 e. The molecule has 1 aromatic carbocycles. The highest BCUT2D eigenvalue weighted by molar-refractivity contribution is 6.31. The summed E-state index contributed by atoms with van der Waals surface area (Å²) in [5, 5.41) is 17.0. The van der Waals surface area contributed by atoms with Crippen molar-refractivity contribution in [2.45, 2.75) is 6.36 Å². The van der Waals surface area contributed by atoms with Crippen LogP contribution in [0.15, 0.2) is 18.2 Å². The van der Waals surface area contributed by atoms with Gasteiger partial charge >= 0.3 is 12.3 Å². The molecule has 1 unspecified atom stereocenters. The van der Waals surface area contributed by atoms with E-state index in [1.165, 1.54) is 18.2 Å². The highest BCUT2D eigenvalue weighted by Crippen LogP contribution is 2.26. The number of hydrogen-bond donors (Lipinski definition) is 1. The van der Waals surface area contributed by atoms with Gasteiger partial charge in [0.15, 0.2) is 0 Å². The van der Waals surface area contributed by atoms with Gasteiger partial charge in [-0.05, 0) is 12.1 Å². The number of halogens is 2. The fourth-order valence-corrected chi connectivity index (χ4v) is 1.08. The molecule has 1 rings (SSSR count). The van der Waals surface area contributed by atoms with Gasteiger partial charge in [-0.15, -0.1) is 0 Å². The van der Waals surface area contributed by atoms with Crippen molar-refractivity contribution in [2.24, 2.45) is 0 Å². The van der Waals surface area contributed by atoms with Gasteiger partial charge in [0.2, 0.25) is 0 Å². The minimum Gasteiger partial charge on any atom is -0.476 e. The standard InChI is InChI=1S/C9H5ClFNO3/c10-6-2-1-3-7(5(6)4-12)15-8(11)9(13)14/h1-3,8H,(H,13,14). The molecule has 0 radical (unpaired) electrons. The summed E-state index contributed by atoms with van der Waals surface area (Å²) < 4.78 is 17.1. The van der Waals surface area contributed by atoms with Crippen LogP contribution in [0.4, 0.5) is 4.39 Å². The van der Waals surface area contributed by atoms with Gasteiger partial charge < -0.3 is 9.84 Å². The van der Waals surface area contributed by atoms with E-state index in [0.717, 1.165) is 0 Å². The Morgan fingerprint density at radius 2 is 2.33 bits per heavy atom. The third-order valence-corrected chi connectivity index (χ3v) is 1.83. The summed E-state index contributed by atoms with van der Waals surface area (Å²) in [5.74, 6) is -1.96. The average molecular weight is 230 g/mol. The van der Waals surface area contributed by atoms with Crippen molar-refractivity contribution in [3.8, 4) is 11.8 Å². The van der Waals surface area contributed by atoms with Crippen molar-refractivity contribution in [1.29, 1.82) is 5.26 Å². The zero-order valence-electron chi connectivity index (χ0n) is 7.28. The van der Waals surface area contributed by atoms with Crippen molar-refractivity contribution in [2.75, 3.05) is 0 Å². The van der Waals surface area contributed by atoms with E-state index in [4.69, 9.17) is 22.0 Å². The number of rotatable bonds is 3. The molecule has 1 aromatic rings. The lowest BCUT2D eigenvalue weighted by Gasteiger charge is -2.09. The quantitative estimate of drug-likeness (QED) is 0.860. The molecular formula is C9H5ClFNO3. The number of carboxylic acids is 1. The lowest BCUT2D eigenvalue weighted by Crippen LogP contribution is -2.21. The minimum absolute atomic E-state index is 0.0765. The van der Waals surface area contributed by atoms with Crippen LogP contribution < -0.4 is 4.74 Å². The smallest absolute Gasteiger partial charge is 0.378 e. The van der Waals surface area contributed by atoms with Crippen LogP contribution in [-0.2, 0) is 4.79 Å². The van der Waals surface area contributed by atoms with Crippen molar-refractivity contribution >= 4 is 17.6 Å². The molecule has 78 valence electrons. The maximum Gasteiger partial charge on any atom is 0.378 e. The molecule has 4 nitrogen and oxygen atoms in total. The van der Waals surface area contributed by atoms with Crippen LogP contribution in [-0.4, -0.2) is 17.4 Å². The lowest BCUT2D eigenvalue weighted by molar-refractivity contribution is -0.153. The van der Waals surface area contributed by atoms with Crippen molar-refractivity contribution in [3.05, 3.63) is 28.8 Å². The molecule has 1 N–H and O–H groups in total. The Labute approximate surface area is 89.5 Å². The van der Waals surface area contributed by atoms with Gasteiger partial charge in [-0.3, -0.25) is 0 Å². The summed E-state index contributed by atoms with van der Waals surface area (Å²) in [6, 6.07) is 5.80. The zero-order chi connectivity index (χ0) is 11.4. The monoisotopic (exact) mass is 229 g/mol. The molecule has 0 saturated heterocycles. The summed E-state index contributed by atoms with van der Waals surface area (Å²) in [7, 11) is 0. The van der Waals surface area contributed by atoms with E-state index in [1.807, 2.05) is 0 Å². The van der Waals surface area contributed by atoms with Crippen LogP contribution in [0.5, 0.6) is 5.75 Å². The number of alkyl halides is 1. The predicted octanol–water partition coefficient (Wildman–Crippen LogP) is 1.97. The van der Waals surface area contributed by atoms with Gasteiger partial charge in [0.1, 0.15) is 17.4 Å². The maximum atomic E-state index is 12.7. The maximum absolute atomic E-state index is 12.7.